The normalized spacial score (nSPS) is 14.5. The molecule has 3 heterocycles. The van der Waals surface area contributed by atoms with Crippen LogP contribution in [0, 0.1) is 19.8 Å². The van der Waals surface area contributed by atoms with Gasteiger partial charge in [-0.2, -0.15) is 5.10 Å². The average molecular weight is 437 g/mol. The Hall–Kier alpha value is -3.46. The van der Waals surface area contributed by atoms with Crippen LogP contribution in [0.3, 0.4) is 0 Å². The maximum atomic E-state index is 13.2. The second-order valence-electron chi connectivity index (χ2n) is 8.62. The lowest BCUT2D eigenvalue weighted by Crippen LogP contribution is -2.49. The van der Waals surface area contributed by atoms with Crippen LogP contribution in [0.25, 0.3) is 5.69 Å². The van der Waals surface area contributed by atoms with Gasteiger partial charge in [0.25, 0.3) is 5.56 Å². The third kappa shape index (κ3) is 4.16. The van der Waals surface area contributed by atoms with Gasteiger partial charge in [0.05, 0.1) is 12.1 Å². The van der Waals surface area contributed by atoms with E-state index in [2.05, 4.69) is 20.3 Å². The summed E-state index contributed by atoms with van der Waals surface area (Å²) in [5, 5.41) is 16.5. The van der Waals surface area contributed by atoms with Crippen LogP contribution in [0.15, 0.2) is 41.6 Å². The quantitative estimate of drug-likeness (QED) is 0.587. The summed E-state index contributed by atoms with van der Waals surface area (Å²) in [7, 11) is 0. The molecule has 0 radical (unpaired) electrons. The van der Waals surface area contributed by atoms with Gasteiger partial charge >= 0.3 is 5.97 Å². The summed E-state index contributed by atoms with van der Waals surface area (Å²) in [6.45, 7) is 9.93. The minimum absolute atomic E-state index is 0.147. The highest BCUT2D eigenvalue weighted by atomic mass is 16.4. The van der Waals surface area contributed by atoms with E-state index in [-0.39, 0.29) is 23.3 Å². The topological polar surface area (TPSA) is 105 Å². The van der Waals surface area contributed by atoms with Crippen LogP contribution in [0.5, 0.6) is 0 Å². The average Bonchev–Trinajstić information content (AvgIpc) is 3.15. The van der Waals surface area contributed by atoms with E-state index in [1.165, 1.54) is 5.56 Å². The van der Waals surface area contributed by atoms with Crippen LogP contribution in [0.2, 0.25) is 0 Å². The van der Waals surface area contributed by atoms with E-state index in [0.717, 1.165) is 16.8 Å². The van der Waals surface area contributed by atoms with Crippen molar-refractivity contribution in [2.45, 2.75) is 40.3 Å². The van der Waals surface area contributed by atoms with Crippen molar-refractivity contribution in [2.75, 3.05) is 18.4 Å². The Bertz CT molecular complexity index is 1180. The predicted molar refractivity (Wildman–Crippen MR) is 122 cm³/mol. The predicted octanol–water partition coefficient (Wildman–Crippen LogP) is 2.89. The minimum atomic E-state index is -0.733. The fraction of sp³-hybridized carbons (Fsp3) is 0.391. The molecule has 1 aliphatic heterocycles. The maximum absolute atomic E-state index is 13.2. The van der Waals surface area contributed by atoms with Crippen LogP contribution in [-0.2, 0) is 11.3 Å². The number of rotatable bonds is 7. The van der Waals surface area contributed by atoms with Crippen molar-refractivity contribution in [3.05, 3.63) is 63.8 Å². The zero-order valence-corrected chi connectivity index (χ0v) is 18.7. The number of benzene rings is 1. The second kappa shape index (κ2) is 8.58. The molecule has 1 fully saturated rings. The van der Waals surface area contributed by atoms with Crippen molar-refractivity contribution >= 4 is 17.6 Å². The molecular formula is C23H28N6O3. The van der Waals surface area contributed by atoms with Crippen molar-refractivity contribution < 1.29 is 9.90 Å². The Labute approximate surface area is 186 Å². The van der Waals surface area contributed by atoms with E-state index in [4.69, 9.17) is 5.11 Å². The lowest BCUT2D eigenvalue weighted by molar-refractivity contribution is -0.147. The maximum Gasteiger partial charge on any atom is 0.309 e. The van der Waals surface area contributed by atoms with Gasteiger partial charge < -0.3 is 10.4 Å². The SMILES string of the molecule is Cc1cc(-n2ccnc(Nc3ccnn3C(C)C)c2=O)cc(C)c1CN1CC(C(=O)O)C1. The third-order valence-electron chi connectivity index (χ3n) is 5.89. The third-order valence-corrected chi connectivity index (χ3v) is 5.89. The lowest BCUT2D eigenvalue weighted by Gasteiger charge is -2.37. The molecule has 168 valence electrons. The molecule has 0 saturated carbocycles. The van der Waals surface area contributed by atoms with E-state index in [1.54, 1.807) is 27.8 Å². The highest BCUT2D eigenvalue weighted by Gasteiger charge is 2.32. The van der Waals surface area contributed by atoms with Gasteiger partial charge in [0.15, 0.2) is 5.82 Å². The first-order valence-electron chi connectivity index (χ1n) is 10.7. The number of carboxylic acids is 1. The summed E-state index contributed by atoms with van der Waals surface area (Å²) in [5.74, 6) is -0.0694. The van der Waals surface area contributed by atoms with E-state index in [0.29, 0.717) is 25.5 Å². The number of aromatic nitrogens is 4. The zero-order valence-electron chi connectivity index (χ0n) is 18.7. The Morgan fingerprint density at radius 1 is 1.22 bits per heavy atom. The first kappa shape index (κ1) is 21.8. The standard InChI is InChI=1S/C23H28N6O3/c1-14(2)29-20(5-6-25-29)26-21-22(30)28(8-7-24-21)18-9-15(3)19(16(4)10-18)13-27-11-17(12-27)23(31)32/h5-10,14,17H,11-13H2,1-4H3,(H,24,26)(H,31,32). The number of likely N-dealkylation sites (tertiary alicyclic amines) is 1. The first-order chi connectivity index (χ1) is 15.2. The van der Waals surface area contributed by atoms with Gasteiger partial charge in [-0.15, -0.1) is 0 Å². The molecule has 0 bridgehead atoms. The van der Waals surface area contributed by atoms with Crippen molar-refractivity contribution in [1.82, 2.24) is 24.2 Å². The molecule has 0 spiro atoms. The number of hydrogen-bond acceptors (Lipinski definition) is 6. The van der Waals surface area contributed by atoms with Crippen molar-refractivity contribution in [3.63, 3.8) is 0 Å². The van der Waals surface area contributed by atoms with Gasteiger partial charge in [-0.1, -0.05) is 0 Å². The van der Waals surface area contributed by atoms with Crippen LogP contribution >= 0.6 is 0 Å². The molecule has 2 N–H and O–H groups in total. The first-order valence-corrected chi connectivity index (χ1v) is 10.7. The van der Waals surface area contributed by atoms with Crippen LogP contribution in [-0.4, -0.2) is 48.4 Å². The van der Waals surface area contributed by atoms with Gasteiger partial charge in [-0.25, -0.2) is 9.67 Å². The van der Waals surface area contributed by atoms with Crippen LogP contribution in [0.1, 0.15) is 36.6 Å². The summed E-state index contributed by atoms with van der Waals surface area (Å²) in [4.78, 5) is 30.6. The molecule has 0 amide bonds. The molecular weight excluding hydrogens is 408 g/mol. The van der Waals surface area contributed by atoms with Gasteiger partial charge in [-0.05, 0) is 56.5 Å². The number of nitrogens with one attached hydrogen (secondary N) is 1. The lowest BCUT2D eigenvalue weighted by atomic mass is 9.96. The van der Waals surface area contributed by atoms with E-state index < -0.39 is 5.97 Å². The molecule has 4 rings (SSSR count). The number of hydrogen-bond donors (Lipinski definition) is 2. The van der Waals surface area contributed by atoms with Gasteiger partial charge in [0.1, 0.15) is 5.82 Å². The van der Waals surface area contributed by atoms with Crippen molar-refractivity contribution in [3.8, 4) is 5.69 Å². The molecule has 0 unspecified atom stereocenters. The highest BCUT2D eigenvalue weighted by Crippen LogP contribution is 2.25. The smallest absolute Gasteiger partial charge is 0.309 e. The number of aliphatic carboxylic acids is 1. The number of carbonyl (C=O) groups is 1. The molecule has 0 aliphatic carbocycles. The molecule has 3 aromatic rings. The fourth-order valence-corrected chi connectivity index (χ4v) is 4.08. The summed E-state index contributed by atoms with van der Waals surface area (Å²) in [6, 6.07) is 5.93. The van der Waals surface area contributed by atoms with E-state index in [9.17, 15) is 9.59 Å². The largest absolute Gasteiger partial charge is 0.481 e. The van der Waals surface area contributed by atoms with E-state index in [1.807, 2.05) is 45.9 Å². The van der Waals surface area contributed by atoms with Gasteiger partial charge in [-0.3, -0.25) is 19.1 Å². The fourth-order valence-electron chi connectivity index (χ4n) is 4.08. The molecule has 32 heavy (non-hydrogen) atoms. The minimum Gasteiger partial charge on any atom is -0.481 e. The van der Waals surface area contributed by atoms with E-state index >= 15 is 0 Å². The van der Waals surface area contributed by atoms with Gasteiger partial charge in [0.2, 0.25) is 0 Å². The molecule has 1 aromatic carbocycles. The number of carboxylic acid groups (broad SMARTS) is 1. The molecule has 9 nitrogen and oxygen atoms in total. The number of anilines is 2. The summed E-state index contributed by atoms with van der Waals surface area (Å²) < 4.78 is 3.38. The monoisotopic (exact) mass is 436 g/mol. The molecule has 1 aliphatic rings. The van der Waals surface area contributed by atoms with Crippen LogP contribution < -0.4 is 10.9 Å². The Morgan fingerprint density at radius 3 is 2.53 bits per heavy atom. The Balaban J connectivity index is 1.59. The van der Waals surface area contributed by atoms with Crippen molar-refractivity contribution in [1.29, 1.82) is 0 Å². The second-order valence-corrected chi connectivity index (χ2v) is 8.62. The summed E-state index contributed by atoms with van der Waals surface area (Å²) in [6.07, 6.45) is 4.95. The Morgan fingerprint density at radius 2 is 1.91 bits per heavy atom. The van der Waals surface area contributed by atoms with Crippen molar-refractivity contribution in [2.24, 2.45) is 5.92 Å². The molecule has 9 heteroatoms. The Kier molecular flexibility index (Phi) is 5.84. The zero-order chi connectivity index (χ0) is 23.0. The molecule has 2 aromatic heterocycles. The highest BCUT2D eigenvalue weighted by molar-refractivity contribution is 5.71. The number of nitrogens with zero attached hydrogens (tertiary/aromatic N) is 5. The summed E-state index contributed by atoms with van der Waals surface area (Å²) >= 11 is 0. The van der Waals surface area contributed by atoms with Gasteiger partial charge in [0, 0.05) is 49.8 Å². The van der Waals surface area contributed by atoms with Crippen LogP contribution in [0.4, 0.5) is 11.6 Å². The number of aryl methyl sites for hydroxylation is 2. The molecule has 0 atom stereocenters. The summed E-state index contributed by atoms with van der Waals surface area (Å²) in [5.41, 5.74) is 3.81. The molecule has 1 saturated heterocycles.